The van der Waals surface area contributed by atoms with Gasteiger partial charge in [0.05, 0.1) is 12.6 Å². The number of hydrogen-bond donors (Lipinski definition) is 13. The van der Waals surface area contributed by atoms with E-state index in [4.69, 9.17) is 28.0 Å². The van der Waals surface area contributed by atoms with Crippen LogP contribution >= 0.6 is 0 Å². The van der Waals surface area contributed by atoms with Gasteiger partial charge in [0, 0.05) is 32.7 Å². The Labute approximate surface area is 403 Å². The van der Waals surface area contributed by atoms with E-state index in [0.29, 0.717) is 25.7 Å². The van der Waals surface area contributed by atoms with E-state index < -0.39 is 114 Å². The number of guanidine groups is 2. The molecule has 3 aliphatic rings. The average molecular weight is 976 g/mol. The number of rotatable bonds is 25. The van der Waals surface area contributed by atoms with Crippen LogP contribution in [0.25, 0.3) is 0 Å². The molecule has 0 radical (unpaired) electrons. The molecular formula is C44H77N15O10. The summed E-state index contributed by atoms with van der Waals surface area (Å²) in [5.41, 5.74) is 17.0. The van der Waals surface area contributed by atoms with Crippen molar-refractivity contribution in [3.63, 3.8) is 0 Å². The number of carboxylic acid groups (broad SMARTS) is 1. The van der Waals surface area contributed by atoms with Gasteiger partial charge in [0.25, 0.3) is 0 Å². The molecule has 388 valence electrons. The number of hydrogen-bond acceptors (Lipinski definition) is 12. The maximum Gasteiger partial charge on any atom is 0.326 e. The highest BCUT2D eigenvalue weighted by molar-refractivity contribution is 5.98. The molecule has 0 saturated carbocycles. The summed E-state index contributed by atoms with van der Waals surface area (Å²) < 4.78 is 0. The van der Waals surface area contributed by atoms with Gasteiger partial charge < -0.3 is 74.2 Å². The van der Waals surface area contributed by atoms with Crippen molar-refractivity contribution in [3.05, 3.63) is 0 Å². The third-order valence-electron chi connectivity index (χ3n) is 12.6. The molecule has 0 aromatic carbocycles. The Bertz CT molecular complexity index is 1880. The Balaban J connectivity index is 1.81. The summed E-state index contributed by atoms with van der Waals surface area (Å²) in [4.78, 5) is 126. The van der Waals surface area contributed by atoms with Crippen LogP contribution in [-0.4, -0.2) is 173 Å². The molecule has 25 heteroatoms. The highest BCUT2D eigenvalue weighted by atomic mass is 16.4. The number of carbonyl (C=O) groups excluding carboxylic acids is 8. The quantitative estimate of drug-likeness (QED) is 0.0245. The molecule has 0 aliphatic carbocycles. The van der Waals surface area contributed by atoms with Gasteiger partial charge in [-0.2, -0.15) is 0 Å². The first-order valence-electron chi connectivity index (χ1n) is 24.0. The van der Waals surface area contributed by atoms with Gasteiger partial charge in [-0.25, -0.2) is 4.79 Å². The second kappa shape index (κ2) is 27.1. The third-order valence-corrected chi connectivity index (χ3v) is 12.6. The van der Waals surface area contributed by atoms with Crippen molar-refractivity contribution < 1.29 is 48.3 Å². The Morgan fingerprint density at radius 3 is 1.35 bits per heavy atom. The van der Waals surface area contributed by atoms with Crippen molar-refractivity contribution in [2.75, 3.05) is 39.3 Å². The lowest BCUT2D eigenvalue weighted by Crippen LogP contribution is -2.60. The zero-order valence-electron chi connectivity index (χ0n) is 40.9. The van der Waals surface area contributed by atoms with E-state index in [9.17, 15) is 48.3 Å². The van der Waals surface area contributed by atoms with Gasteiger partial charge in [-0.1, -0.05) is 41.5 Å². The van der Waals surface area contributed by atoms with Crippen LogP contribution in [0.4, 0.5) is 0 Å². The number of nitrogens with two attached hydrogens (primary N) is 3. The van der Waals surface area contributed by atoms with Gasteiger partial charge in [0.1, 0.15) is 42.3 Å². The fourth-order valence-corrected chi connectivity index (χ4v) is 8.69. The summed E-state index contributed by atoms with van der Waals surface area (Å²) in [6, 6.07) is -8.40. The molecule has 25 nitrogen and oxygen atoms in total. The van der Waals surface area contributed by atoms with Gasteiger partial charge >= 0.3 is 5.97 Å². The molecule has 8 amide bonds. The highest BCUT2D eigenvalue weighted by Crippen LogP contribution is 2.25. The maximum atomic E-state index is 14.5. The molecule has 69 heavy (non-hydrogen) atoms. The predicted octanol–water partition coefficient (Wildman–Crippen LogP) is -3.08. The second-order valence-corrected chi connectivity index (χ2v) is 19.0. The predicted molar refractivity (Wildman–Crippen MR) is 253 cm³/mol. The Morgan fingerprint density at radius 1 is 0.565 bits per heavy atom. The number of likely N-dealkylation sites (tertiary alicyclic amines) is 3. The molecule has 0 spiro atoms. The van der Waals surface area contributed by atoms with Crippen LogP contribution in [0.15, 0.2) is 0 Å². The van der Waals surface area contributed by atoms with Crippen LogP contribution < -0.4 is 54.4 Å². The summed E-state index contributed by atoms with van der Waals surface area (Å²) in [7, 11) is 0. The summed E-state index contributed by atoms with van der Waals surface area (Å²) >= 11 is 0. The molecule has 0 unspecified atom stereocenters. The first-order valence-corrected chi connectivity index (χ1v) is 24.0. The number of nitrogens with one attached hydrogen (secondary N) is 9. The monoisotopic (exact) mass is 976 g/mol. The SMILES string of the molecule is CC(C)[C@H](N)C(=O)N[C@H](C(=O)N1CCC[C@H]1C(=O)N[C@@H](CCCNC(=N)N)C(=O)N1CCC[C@H]1C(=O)N[C@@H](CCCNC(=N)N)C(=O)N1CCC[C@H]1C(=O)NCC(=O)N[C@H](C(=O)O)C(C)C)C(C)C. The number of carbonyl (C=O) groups is 9. The third kappa shape index (κ3) is 16.7. The molecule has 3 aliphatic heterocycles. The normalized spacial score (nSPS) is 20.1. The Morgan fingerprint density at radius 2 is 0.971 bits per heavy atom. The molecule has 16 N–H and O–H groups in total. The second-order valence-electron chi connectivity index (χ2n) is 19.0. The van der Waals surface area contributed by atoms with Crippen LogP contribution in [0.3, 0.4) is 0 Å². The zero-order valence-corrected chi connectivity index (χ0v) is 40.9. The zero-order chi connectivity index (χ0) is 51.7. The molecular weight excluding hydrogens is 899 g/mol. The van der Waals surface area contributed by atoms with Crippen molar-refractivity contribution in [2.45, 2.75) is 154 Å². The summed E-state index contributed by atoms with van der Waals surface area (Å²) in [6.45, 7) is 10.7. The Hall–Kier alpha value is -6.27. The van der Waals surface area contributed by atoms with E-state index in [1.807, 2.05) is 0 Å². The first-order chi connectivity index (χ1) is 32.5. The number of carboxylic acids is 1. The number of nitrogens with zero attached hydrogens (tertiary/aromatic N) is 3. The minimum absolute atomic E-state index is 0.0505. The van der Waals surface area contributed by atoms with Gasteiger partial charge in [-0.3, -0.25) is 49.2 Å². The molecule has 0 aromatic rings. The van der Waals surface area contributed by atoms with Crippen molar-refractivity contribution in [1.82, 2.24) is 51.9 Å². The molecule has 8 atom stereocenters. The van der Waals surface area contributed by atoms with Gasteiger partial charge in [-0.15, -0.1) is 0 Å². The Kier molecular flexibility index (Phi) is 22.4. The van der Waals surface area contributed by atoms with E-state index in [1.165, 1.54) is 14.7 Å². The van der Waals surface area contributed by atoms with Gasteiger partial charge in [-0.05, 0) is 82.0 Å². The van der Waals surface area contributed by atoms with Gasteiger partial charge in [0.15, 0.2) is 11.9 Å². The van der Waals surface area contributed by atoms with E-state index in [0.717, 1.165) is 0 Å². The fourth-order valence-electron chi connectivity index (χ4n) is 8.69. The number of aliphatic carboxylic acids is 1. The standard InChI is InChI=1S/C44H77N15O10/c1-23(2)32(45)38(64)56-33(24(3)4)41(67)59-21-11-16-30(59)37(63)54-27(13-8-18-51-44(48)49)40(66)58-20-10-15-29(58)36(62)53-26(12-7-17-50-43(46)47)39(65)57-19-9-14-28(57)35(61)52-22-31(60)55-34(25(5)6)42(68)69/h23-30,32-34H,7-22,45H2,1-6H3,(H,52,61)(H,53,62)(H,54,63)(H,55,60)(H,56,64)(H,68,69)(H4,46,47,50)(H4,48,49,51)/t26-,27-,28-,29-,30-,32-,33-,34-/m0/s1. The molecule has 0 bridgehead atoms. The van der Waals surface area contributed by atoms with Crippen LogP contribution in [0.5, 0.6) is 0 Å². The maximum absolute atomic E-state index is 14.5. The van der Waals surface area contributed by atoms with E-state index in [2.05, 4.69) is 37.2 Å². The van der Waals surface area contributed by atoms with E-state index in [-0.39, 0.29) is 95.0 Å². The van der Waals surface area contributed by atoms with Crippen molar-refractivity contribution in [2.24, 2.45) is 35.0 Å². The smallest absolute Gasteiger partial charge is 0.326 e. The van der Waals surface area contributed by atoms with E-state index in [1.54, 1.807) is 41.5 Å². The molecule has 3 rings (SSSR count). The molecule has 3 saturated heterocycles. The largest absolute Gasteiger partial charge is 0.480 e. The highest BCUT2D eigenvalue weighted by Gasteiger charge is 2.44. The van der Waals surface area contributed by atoms with Crippen LogP contribution in [0, 0.1) is 28.6 Å². The fraction of sp³-hybridized carbons (Fsp3) is 0.750. The van der Waals surface area contributed by atoms with Crippen molar-refractivity contribution in [3.8, 4) is 0 Å². The first kappa shape index (κ1) is 57.1. The topological polar surface area (TPSA) is 394 Å². The van der Waals surface area contributed by atoms with Crippen molar-refractivity contribution in [1.29, 1.82) is 10.8 Å². The number of amides is 8. The molecule has 0 aromatic heterocycles. The van der Waals surface area contributed by atoms with Crippen LogP contribution in [0.1, 0.15) is 106 Å². The van der Waals surface area contributed by atoms with Crippen molar-refractivity contribution >= 4 is 65.1 Å². The summed E-state index contributed by atoms with van der Waals surface area (Å²) in [5, 5.41) is 43.1. The van der Waals surface area contributed by atoms with Gasteiger partial charge in [0.2, 0.25) is 47.3 Å². The lowest BCUT2D eigenvalue weighted by molar-refractivity contribution is -0.146. The minimum atomic E-state index is -1.23. The summed E-state index contributed by atoms with van der Waals surface area (Å²) in [5.74, 6) is -7.50. The molecule has 3 heterocycles. The minimum Gasteiger partial charge on any atom is -0.480 e. The average Bonchev–Trinajstić information content (AvgIpc) is 4.09. The molecule has 3 fully saturated rings. The van der Waals surface area contributed by atoms with Crippen LogP contribution in [-0.2, 0) is 43.2 Å². The summed E-state index contributed by atoms with van der Waals surface area (Å²) in [6.07, 6.45) is 2.75. The lowest BCUT2D eigenvalue weighted by Gasteiger charge is -2.33. The van der Waals surface area contributed by atoms with Crippen LogP contribution in [0.2, 0.25) is 0 Å². The van der Waals surface area contributed by atoms with E-state index >= 15 is 0 Å². The lowest BCUT2D eigenvalue weighted by atomic mass is 9.99.